The maximum atomic E-state index is 10.9. The number of ether oxygens (including phenoxy) is 2. The van der Waals surface area contributed by atoms with Crippen molar-refractivity contribution in [1.82, 2.24) is 0 Å². The van der Waals surface area contributed by atoms with Gasteiger partial charge < -0.3 is 9.47 Å². The minimum Gasteiger partial charge on any atom is -0.489 e. The van der Waals surface area contributed by atoms with Crippen LogP contribution in [0.3, 0.4) is 0 Å². The van der Waals surface area contributed by atoms with Crippen molar-refractivity contribution in [2.45, 2.75) is 12.8 Å². The lowest BCUT2D eigenvalue weighted by Crippen LogP contribution is -2.09. The Morgan fingerprint density at radius 2 is 1.94 bits per heavy atom. The molecule has 0 bridgehead atoms. The van der Waals surface area contributed by atoms with Crippen LogP contribution in [0.25, 0.3) is 0 Å². The number of halogens is 1. The third-order valence-electron chi connectivity index (χ3n) is 2.27. The molecule has 1 aromatic carbocycles. The van der Waals surface area contributed by atoms with E-state index in [9.17, 15) is 10.1 Å². The fourth-order valence-corrected chi connectivity index (χ4v) is 1.73. The zero-order valence-electron chi connectivity index (χ0n) is 8.44. The van der Waals surface area contributed by atoms with Gasteiger partial charge in [-0.2, -0.15) is 0 Å². The molecule has 6 heteroatoms. The number of rotatable bonds is 1. The summed E-state index contributed by atoms with van der Waals surface area (Å²) in [6.07, 6.45) is 1.68. The summed E-state index contributed by atoms with van der Waals surface area (Å²) in [5.41, 5.74) is -0.221. The number of benzene rings is 1. The van der Waals surface area contributed by atoms with Crippen molar-refractivity contribution in [3.63, 3.8) is 0 Å². The molecule has 0 N–H and O–H groups in total. The minimum absolute atomic E-state index is 0.0629. The molecule has 0 aliphatic carbocycles. The number of nitrogens with zero attached hydrogens (tertiary/aromatic N) is 1. The molecule has 1 aliphatic heterocycles. The first-order chi connectivity index (χ1) is 7.70. The molecule has 86 valence electrons. The summed E-state index contributed by atoms with van der Waals surface area (Å²) in [5.74, 6) is 0.521. The first-order valence-corrected chi connectivity index (χ1v) is 5.30. The van der Waals surface area contributed by atoms with Crippen LogP contribution in [0.5, 0.6) is 11.5 Å². The van der Waals surface area contributed by atoms with Crippen LogP contribution >= 0.6 is 11.6 Å². The molecule has 0 radical (unpaired) electrons. The molecule has 2 rings (SSSR count). The van der Waals surface area contributed by atoms with Gasteiger partial charge in [0.15, 0.2) is 5.75 Å². The van der Waals surface area contributed by atoms with E-state index in [-0.39, 0.29) is 16.5 Å². The SMILES string of the molecule is O=[N+]([O-])c1c(Cl)ccc2c1OCCCCO2. The monoisotopic (exact) mass is 243 g/mol. The minimum atomic E-state index is -0.549. The fraction of sp³-hybridized carbons (Fsp3) is 0.400. The lowest BCUT2D eigenvalue weighted by Gasteiger charge is -2.16. The summed E-state index contributed by atoms with van der Waals surface area (Å²) in [5, 5.41) is 10.9. The average molecular weight is 244 g/mol. The van der Waals surface area contributed by atoms with Crippen molar-refractivity contribution in [1.29, 1.82) is 0 Å². The van der Waals surface area contributed by atoms with Crippen molar-refractivity contribution in [3.05, 3.63) is 27.3 Å². The topological polar surface area (TPSA) is 61.6 Å². The van der Waals surface area contributed by atoms with Crippen LogP contribution in [-0.2, 0) is 0 Å². The molecule has 0 saturated carbocycles. The highest BCUT2D eigenvalue weighted by molar-refractivity contribution is 6.33. The van der Waals surface area contributed by atoms with Crippen molar-refractivity contribution in [2.24, 2.45) is 0 Å². The molecule has 0 saturated heterocycles. The second kappa shape index (κ2) is 4.57. The Kier molecular flexibility index (Phi) is 3.14. The van der Waals surface area contributed by atoms with Gasteiger partial charge in [0.05, 0.1) is 18.1 Å². The third-order valence-corrected chi connectivity index (χ3v) is 2.58. The first-order valence-electron chi connectivity index (χ1n) is 4.92. The van der Waals surface area contributed by atoms with Gasteiger partial charge in [-0.15, -0.1) is 0 Å². The predicted molar refractivity (Wildman–Crippen MR) is 58.3 cm³/mol. The van der Waals surface area contributed by atoms with Crippen LogP contribution in [0.1, 0.15) is 12.8 Å². The number of nitro groups is 1. The quantitative estimate of drug-likeness (QED) is 0.562. The van der Waals surface area contributed by atoms with Crippen molar-refractivity contribution in [2.75, 3.05) is 13.2 Å². The van der Waals surface area contributed by atoms with E-state index in [0.717, 1.165) is 12.8 Å². The average Bonchev–Trinajstić information content (AvgIpc) is 2.19. The number of nitro benzene ring substituents is 1. The molecule has 0 unspecified atom stereocenters. The zero-order valence-corrected chi connectivity index (χ0v) is 9.20. The predicted octanol–water partition coefficient (Wildman–Crippen LogP) is 2.80. The highest BCUT2D eigenvalue weighted by Gasteiger charge is 2.25. The Morgan fingerprint density at radius 1 is 1.25 bits per heavy atom. The van der Waals surface area contributed by atoms with Gasteiger partial charge in [-0.1, -0.05) is 11.6 Å². The molecule has 0 fully saturated rings. The molecule has 0 spiro atoms. The Morgan fingerprint density at radius 3 is 2.62 bits per heavy atom. The smallest absolute Gasteiger partial charge is 0.333 e. The second-order valence-electron chi connectivity index (χ2n) is 3.38. The van der Waals surface area contributed by atoms with E-state index in [1.807, 2.05) is 0 Å². The normalized spacial score (nSPS) is 15.1. The number of fused-ring (bicyclic) bond motifs is 1. The Hall–Kier alpha value is -1.49. The maximum Gasteiger partial charge on any atom is 0.333 e. The van der Waals surface area contributed by atoms with Crippen LogP contribution in [0, 0.1) is 10.1 Å². The Labute approximate surface area is 97.1 Å². The van der Waals surface area contributed by atoms with E-state index in [0.29, 0.717) is 19.0 Å². The largest absolute Gasteiger partial charge is 0.489 e. The van der Waals surface area contributed by atoms with Crippen LogP contribution in [0.2, 0.25) is 5.02 Å². The molecule has 1 aromatic rings. The zero-order chi connectivity index (χ0) is 11.5. The van der Waals surface area contributed by atoms with Gasteiger partial charge in [-0.05, 0) is 25.0 Å². The van der Waals surface area contributed by atoms with E-state index in [2.05, 4.69) is 0 Å². The van der Waals surface area contributed by atoms with Gasteiger partial charge in [0, 0.05) is 0 Å². The van der Waals surface area contributed by atoms with E-state index in [1.54, 1.807) is 6.07 Å². The molecule has 16 heavy (non-hydrogen) atoms. The maximum absolute atomic E-state index is 10.9. The highest BCUT2D eigenvalue weighted by atomic mass is 35.5. The fourth-order valence-electron chi connectivity index (χ4n) is 1.51. The molecule has 5 nitrogen and oxygen atoms in total. The van der Waals surface area contributed by atoms with Crippen molar-refractivity contribution < 1.29 is 14.4 Å². The van der Waals surface area contributed by atoms with Gasteiger partial charge >= 0.3 is 5.69 Å². The van der Waals surface area contributed by atoms with Crippen molar-refractivity contribution >= 4 is 17.3 Å². The molecular weight excluding hydrogens is 234 g/mol. The summed E-state index contributed by atoms with van der Waals surface area (Å²) in [4.78, 5) is 10.3. The van der Waals surface area contributed by atoms with Crippen molar-refractivity contribution in [3.8, 4) is 11.5 Å². The van der Waals surface area contributed by atoms with Crippen LogP contribution in [-0.4, -0.2) is 18.1 Å². The summed E-state index contributed by atoms with van der Waals surface area (Å²) in [7, 11) is 0. The van der Waals surface area contributed by atoms with Gasteiger partial charge in [0.2, 0.25) is 5.75 Å². The third kappa shape index (κ3) is 2.04. The van der Waals surface area contributed by atoms with Gasteiger partial charge in [0.25, 0.3) is 0 Å². The molecule has 1 aliphatic rings. The Balaban J connectivity index is 2.50. The molecular formula is C10H10ClNO4. The highest BCUT2D eigenvalue weighted by Crippen LogP contribution is 2.42. The van der Waals surface area contributed by atoms with Crippen LogP contribution in [0.15, 0.2) is 12.1 Å². The van der Waals surface area contributed by atoms with Gasteiger partial charge in [-0.3, -0.25) is 10.1 Å². The van der Waals surface area contributed by atoms with E-state index in [1.165, 1.54) is 6.07 Å². The van der Waals surface area contributed by atoms with Gasteiger partial charge in [0.1, 0.15) is 5.02 Å². The van der Waals surface area contributed by atoms with Gasteiger partial charge in [-0.25, -0.2) is 0 Å². The molecule has 0 amide bonds. The lowest BCUT2D eigenvalue weighted by atomic mass is 10.2. The van der Waals surface area contributed by atoms with E-state index < -0.39 is 4.92 Å². The molecule has 0 aromatic heterocycles. The van der Waals surface area contributed by atoms with E-state index in [4.69, 9.17) is 21.1 Å². The Bertz CT molecular complexity index is 422. The summed E-state index contributed by atoms with van der Waals surface area (Å²) in [6.45, 7) is 0.979. The second-order valence-corrected chi connectivity index (χ2v) is 3.79. The first kappa shape index (κ1) is 11.0. The number of hydrogen-bond donors (Lipinski definition) is 0. The number of hydrogen-bond acceptors (Lipinski definition) is 4. The summed E-state index contributed by atoms with van der Waals surface area (Å²) in [6, 6.07) is 3.04. The molecule has 0 atom stereocenters. The summed E-state index contributed by atoms with van der Waals surface area (Å²) < 4.78 is 10.7. The standard InChI is InChI=1S/C10H10ClNO4/c11-7-3-4-8-10(9(7)12(13)14)16-6-2-1-5-15-8/h3-4H,1-2,5-6H2. The van der Waals surface area contributed by atoms with Crippen LogP contribution < -0.4 is 9.47 Å². The van der Waals surface area contributed by atoms with E-state index >= 15 is 0 Å². The van der Waals surface area contributed by atoms with Crippen LogP contribution in [0.4, 0.5) is 5.69 Å². The molecule has 1 heterocycles. The lowest BCUT2D eigenvalue weighted by molar-refractivity contribution is -0.385. The summed E-state index contributed by atoms with van der Waals surface area (Å²) >= 11 is 5.77.